The summed E-state index contributed by atoms with van der Waals surface area (Å²) in [6, 6.07) is 8.26. The lowest BCUT2D eigenvalue weighted by molar-refractivity contribution is 0.0890. The highest BCUT2D eigenvalue weighted by atomic mass is 16.3. The smallest absolute Gasteiger partial charge is 0.171 e. The third kappa shape index (κ3) is 1.08. The minimum absolute atomic E-state index is 0.0577. The summed E-state index contributed by atoms with van der Waals surface area (Å²) in [7, 11) is 0. The Morgan fingerprint density at radius 2 is 1.75 bits per heavy atom. The molecule has 1 aliphatic rings. The molecule has 0 amide bonds. The number of aromatic hydroxyl groups is 1. The molecule has 1 N–H and O–H groups in total. The number of carbonyl (C=O) groups is 2. The fourth-order valence-corrected chi connectivity index (χ4v) is 2.20. The molecule has 2 aromatic rings. The average Bonchev–Trinajstić information content (AvgIpc) is 2.25. The van der Waals surface area contributed by atoms with Gasteiger partial charge in [-0.3, -0.25) is 9.59 Å². The van der Waals surface area contributed by atoms with E-state index < -0.39 is 0 Å². The first-order chi connectivity index (χ1) is 7.66. The lowest BCUT2D eigenvalue weighted by atomic mass is 9.87. The van der Waals surface area contributed by atoms with Crippen molar-refractivity contribution in [1.29, 1.82) is 0 Å². The van der Waals surface area contributed by atoms with Gasteiger partial charge in [-0.25, -0.2) is 0 Å². The van der Waals surface area contributed by atoms with Gasteiger partial charge in [0.15, 0.2) is 11.6 Å². The zero-order valence-electron chi connectivity index (χ0n) is 8.36. The van der Waals surface area contributed by atoms with Gasteiger partial charge in [0.2, 0.25) is 0 Å². The summed E-state index contributed by atoms with van der Waals surface area (Å²) in [6.45, 7) is 0. The van der Waals surface area contributed by atoms with Crippen molar-refractivity contribution in [3.63, 3.8) is 0 Å². The normalized spacial score (nSPS) is 14.5. The fourth-order valence-electron chi connectivity index (χ4n) is 2.20. The minimum atomic E-state index is -0.218. The van der Waals surface area contributed by atoms with Crippen molar-refractivity contribution in [1.82, 2.24) is 0 Å². The lowest BCUT2D eigenvalue weighted by Gasteiger charge is -2.15. The van der Waals surface area contributed by atoms with Gasteiger partial charge in [0.05, 0.1) is 6.42 Å². The van der Waals surface area contributed by atoms with Crippen LogP contribution in [-0.4, -0.2) is 16.7 Å². The number of rotatable bonds is 0. The van der Waals surface area contributed by atoms with Gasteiger partial charge in [-0.05, 0) is 17.5 Å². The molecule has 0 saturated carbocycles. The van der Waals surface area contributed by atoms with Crippen molar-refractivity contribution >= 4 is 22.3 Å². The van der Waals surface area contributed by atoms with Crippen LogP contribution in [0.1, 0.15) is 27.1 Å². The van der Waals surface area contributed by atoms with Gasteiger partial charge in [0.25, 0.3) is 0 Å². The zero-order valence-corrected chi connectivity index (χ0v) is 8.36. The number of hydrogen-bond acceptors (Lipinski definition) is 3. The summed E-state index contributed by atoms with van der Waals surface area (Å²) in [6.07, 6.45) is -0.102. The summed E-state index contributed by atoms with van der Waals surface area (Å²) in [5.41, 5.74) is 1.03. The molecule has 0 unspecified atom stereocenters. The predicted octanol–water partition coefficient (Wildman–Crippen LogP) is 2.31. The summed E-state index contributed by atoms with van der Waals surface area (Å²) in [5, 5.41) is 10.9. The van der Waals surface area contributed by atoms with E-state index in [1.165, 1.54) is 6.07 Å². The second-order valence-electron chi connectivity index (χ2n) is 3.92. The van der Waals surface area contributed by atoms with E-state index in [2.05, 4.69) is 0 Å². The van der Waals surface area contributed by atoms with Crippen LogP contribution in [0.25, 0.3) is 10.8 Å². The van der Waals surface area contributed by atoms with Gasteiger partial charge in [-0.15, -0.1) is 0 Å². The molecule has 0 fully saturated rings. The van der Waals surface area contributed by atoms with Gasteiger partial charge in [-0.1, -0.05) is 18.2 Å². The molecule has 0 aromatic heterocycles. The number of phenolic OH excluding ortho intramolecular Hbond substituents is 1. The summed E-state index contributed by atoms with van der Waals surface area (Å²) in [5.74, 6) is -0.305. The van der Waals surface area contributed by atoms with Crippen molar-refractivity contribution < 1.29 is 14.7 Å². The number of ketones is 2. The van der Waals surface area contributed by atoms with E-state index in [4.69, 9.17) is 0 Å². The molecule has 78 valence electrons. The molecule has 0 atom stereocenters. The van der Waals surface area contributed by atoms with Crippen LogP contribution in [0.2, 0.25) is 0 Å². The Bertz CT molecular complexity index is 641. The van der Waals surface area contributed by atoms with E-state index >= 15 is 0 Å². The second kappa shape index (κ2) is 2.92. The first kappa shape index (κ1) is 9.09. The molecule has 3 nitrogen and oxygen atoms in total. The average molecular weight is 212 g/mol. The monoisotopic (exact) mass is 212 g/mol. The van der Waals surface area contributed by atoms with Crippen LogP contribution in [0.5, 0.6) is 5.75 Å². The van der Waals surface area contributed by atoms with E-state index in [0.717, 1.165) is 5.39 Å². The van der Waals surface area contributed by atoms with Crippen molar-refractivity contribution in [2.24, 2.45) is 0 Å². The maximum atomic E-state index is 11.7. The maximum Gasteiger partial charge on any atom is 0.171 e. The number of hydrogen-bond donors (Lipinski definition) is 1. The Balaban J connectivity index is 2.55. The summed E-state index contributed by atoms with van der Waals surface area (Å²) < 4.78 is 0. The minimum Gasteiger partial charge on any atom is -0.508 e. The highest BCUT2D eigenvalue weighted by Crippen LogP contribution is 2.32. The van der Waals surface area contributed by atoms with Crippen molar-refractivity contribution in [3.8, 4) is 5.75 Å². The molecular formula is C13H8O3. The van der Waals surface area contributed by atoms with Crippen molar-refractivity contribution in [2.75, 3.05) is 0 Å². The van der Waals surface area contributed by atoms with Gasteiger partial charge in [-0.2, -0.15) is 0 Å². The van der Waals surface area contributed by atoms with E-state index in [1.807, 2.05) is 0 Å². The molecular weight excluding hydrogens is 204 g/mol. The molecule has 0 bridgehead atoms. The molecule has 1 aliphatic carbocycles. The van der Waals surface area contributed by atoms with Crippen molar-refractivity contribution in [3.05, 3.63) is 41.5 Å². The van der Waals surface area contributed by atoms with E-state index in [-0.39, 0.29) is 23.7 Å². The quantitative estimate of drug-likeness (QED) is 0.682. The third-order valence-electron chi connectivity index (χ3n) is 2.88. The Morgan fingerprint density at radius 1 is 1.00 bits per heavy atom. The standard InChI is InChI=1S/C13H8O3/c14-8-4-7-2-1-3-9-11(15)6-12(16)10(5-8)13(7)9/h1-5,14H,6H2. The predicted molar refractivity (Wildman–Crippen MR) is 58.9 cm³/mol. The maximum absolute atomic E-state index is 11.7. The van der Waals surface area contributed by atoms with E-state index in [9.17, 15) is 14.7 Å². The van der Waals surface area contributed by atoms with Crippen LogP contribution in [-0.2, 0) is 0 Å². The summed E-state index contributed by atoms with van der Waals surface area (Å²) in [4.78, 5) is 23.4. The number of carbonyl (C=O) groups excluding carboxylic acids is 2. The molecule has 0 spiro atoms. The third-order valence-corrected chi connectivity index (χ3v) is 2.88. The molecule has 0 radical (unpaired) electrons. The first-order valence-corrected chi connectivity index (χ1v) is 4.99. The van der Waals surface area contributed by atoms with Crippen LogP contribution in [0, 0.1) is 0 Å². The molecule has 0 aliphatic heterocycles. The molecule has 3 heteroatoms. The van der Waals surface area contributed by atoms with Gasteiger partial charge >= 0.3 is 0 Å². The Kier molecular flexibility index (Phi) is 1.66. The van der Waals surface area contributed by atoms with Gasteiger partial charge < -0.3 is 5.11 Å². The number of Topliss-reactive ketones (excluding diaryl/α,β-unsaturated/α-hetero) is 2. The Labute approximate surface area is 91.3 Å². The van der Waals surface area contributed by atoms with Crippen molar-refractivity contribution in [2.45, 2.75) is 6.42 Å². The van der Waals surface area contributed by atoms with E-state index in [1.54, 1.807) is 24.3 Å². The highest BCUT2D eigenvalue weighted by Gasteiger charge is 2.25. The SMILES string of the molecule is O=C1CC(=O)c2cc(O)cc3cccc1c23. The molecule has 16 heavy (non-hydrogen) atoms. The van der Waals surface area contributed by atoms with Crippen LogP contribution in [0.3, 0.4) is 0 Å². The molecule has 0 saturated heterocycles. The largest absolute Gasteiger partial charge is 0.508 e. The molecule has 3 rings (SSSR count). The molecule has 2 aromatic carbocycles. The van der Waals surface area contributed by atoms with Gasteiger partial charge in [0, 0.05) is 16.5 Å². The van der Waals surface area contributed by atoms with Crippen LogP contribution in [0.4, 0.5) is 0 Å². The van der Waals surface area contributed by atoms with Gasteiger partial charge in [0.1, 0.15) is 5.75 Å². The fraction of sp³-hybridized carbons (Fsp3) is 0.0769. The second-order valence-corrected chi connectivity index (χ2v) is 3.92. The Morgan fingerprint density at radius 3 is 2.56 bits per heavy atom. The van der Waals surface area contributed by atoms with Crippen LogP contribution in [0.15, 0.2) is 30.3 Å². The molecule has 0 heterocycles. The number of phenols is 1. The topological polar surface area (TPSA) is 54.4 Å². The van der Waals surface area contributed by atoms with Crippen LogP contribution < -0.4 is 0 Å². The lowest BCUT2D eigenvalue weighted by Crippen LogP contribution is -2.15. The first-order valence-electron chi connectivity index (χ1n) is 4.99. The highest BCUT2D eigenvalue weighted by molar-refractivity contribution is 6.27. The van der Waals surface area contributed by atoms with E-state index in [0.29, 0.717) is 16.5 Å². The summed E-state index contributed by atoms with van der Waals surface area (Å²) >= 11 is 0. The Hall–Kier alpha value is -2.16. The zero-order chi connectivity index (χ0) is 11.3. The number of benzene rings is 2. The van der Waals surface area contributed by atoms with Crippen LogP contribution >= 0.6 is 0 Å².